The van der Waals surface area contributed by atoms with Gasteiger partial charge in [0.2, 0.25) is 0 Å². The van der Waals surface area contributed by atoms with E-state index < -0.39 is 9.05 Å². The standard InChI is InChI=1S/C10H9BrClN3O2S/c1-6-3-4-7(8(11)5-6)9-13-14-10(15(9)2)18(12,16)17/h3-5H,1-2H3. The third-order valence-electron chi connectivity index (χ3n) is 2.42. The predicted molar refractivity (Wildman–Crippen MR) is 71.9 cm³/mol. The Bertz CT molecular complexity index is 712. The fourth-order valence-electron chi connectivity index (χ4n) is 1.56. The van der Waals surface area contributed by atoms with Crippen molar-refractivity contribution in [2.75, 3.05) is 0 Å². The number of rotatable bonds is 2. The van der Waals surface area contributed by atoms with Crippen molar-refractivity contribution < 1.29 is 8.42 Å². The van der Waals surface area contributed by atoms with Crippen molar-refractivity contribution in [3.05, 3.63) is 28.2 Å². The summed E-state index contributed by atoms with van der Waals surface area (Å²) in [5.74, 6) is 0.432. The van der Waals surface area contributed by atoms with Gasteiger partial charge >= 0.3 is 0 Å². The van der Waals surface area contributed by atoms with Crippen molar-refractivity contribution in [3.8, 4) is 11.4 Å². The van der Waals surface area contributed by atoms with Crippen molar-refractivity contribution in [3.63, 3.8) is 0 Å². The lowest BCUT2D eigenvalue weighted by Crippen LogP contribution is -2.03. The SMILES string of the molecule is Cc1ccc(-c2nnc(S(=O)(=O)Cl)n2C)c(Br)c1. The predicted octanol–water partition coefficient (Wildman–Crippen LogP) is 2.48. The summed E-state index contributed by atoms with van der Waals surface area (Å²) in [4.78, 5) is 0. The van der Waals surface area contributed by atoms with Crippen LogP contribution < -0.4 is 0 Å². The second kappa shape index (κ2) is 4.64. The van der Waals surface area contributed by atoms with Crippen molar-refractivity contribution in [2.24, 2.45) is 7.05 Å². The molecule has 0 fully saturated rings. The molecule has 2 rings (SSSR count). The Balaban J connectivity index is 2.63. The minimum absolute atomic E-state index is 0.272. The van der Waals surface area contributed by atoms with E-state index in [4.69, 9.17) is 10.7 Å². The second-order valence-corrected chi connectivity index (χ2v) is 7.10. The molecular formula is C10H9BrClN3O2S. The van der Waals surface area contributed by atoms with Crippen LogP contribution >= 0.6 is 26.6 Å². The van der Waals surface area contributed by atoms with Crippen LogP contribution in [0.4, 0.5) is 0 Å². The highest BCUT2D eigenvalue weighted by molar-refractivity contribution is 9.10. The molecule has 0 unspecified atom stereocenters. The summed E-state index contributed by atoms with van der Waals surface area (Å²) in [6, 6.07) is 5.66. The molecule has 5 nitrogen and oxygen atoms in total. The largest absolute Gasteiger partial charge is 0.300 e. The zero-order chi connectivity index (χ0) is 13.5. The first kappa shape index (κ1) is 13.5. The van der Waals surface area contributed by atoms with Crippen LogP contribution in [-0.2, 0) is 16.1 Å². The molecule has 0 amide bonds. The topological polar surface area (TPSA) is 64.8 Å². The van der Waals surface area contributed by atoms with Crippen LogP contribution in [0.2, 0.25) is 0 Å². The fourth-order valence-corrected chi connectivity index (χ4v) is 3.19. The Hall–Kier alpha value is -0.920. The summed E-state index contributed by atoms with van der Waals surface area (Å²) in [5.41, 5.74) is 1.83. The van der Waals surface area contributed by atoms with E-state index in [-0.39, 0.29) is 5.16 Å². The molecule has 1 aromatic carbocycles. The summed E-state index contributed by atoms with van der Waals surface area (Å²) in [7, 11) is 2.92. The van der Waals surface area contributed by atoms with Gasteiger partial charge in [0.1, 0.15) is 0 Å². The number of aromatic nitrogens is 3. The quantitative estimate of drug-likeness (QED) is 0.781. The van der Waals surface area contributed by atoms with Crippen LogP contribution in [0.15, 0.2) is 27.8 Å². The lowest BCUT2D eigenvalue weighted by molar-refractivity contribution is 0.593. The maximum atomic E-state index is 11.3. The molecular weight excluding hydrogens is 342 g/mol. The van der Waals surface area contributed by atoms with E-state index in [0.29, 0.717) is 5.82 Å². The van der Waals surface area contributed by atoms with Crippen molar-refractivity contribution in [1.29, 1.82) is 0 Å². The monoisotopic (exact) mass is 349 g/mol. The molecule has 0 bridgehead atoms. The number of hydrogen-bond acceptors (Lipinski definition) is 4. The maximum absolute atomic E-state index is 11.3. The van der Waals surface area contributed by atoms with Crippen LogP contribution in [-0.4, -0.2) is 23.2 Å². The highest BCUT2D eigenvalue weighted by Gasteiger charge is 2.21. The van der Waals surface area contributed by atoms with E-state index in [9.17, 15) is 8.42 Å². The number of nitrogens with zero attached hydrogens (tertiary/aromatic N) is 3. The van der Waals surface area contributed by atoms with E-state index in [1.165, 1.54) is 4.57 Å². The highest BCUT2D eigenvalue weighted by atomic mass is 79.9. The molecule has 96 valence electrons. The van der Waals surface area contributed by atoms with Crippen LogP contribution in [0.5, 0.6) is 0 Å². The molecule has 0 aliphatic carbocycles. The van der Waals surface area contributed by atoms with Crippen LogP contribution in [0.25, 0.3) is 11.4 Å². The van der Waals surface area contributed by atoms with Gasteiger partial charge in [0.25, 0.3) is 14.2 Å². The first-order chi connectivity index (χ1) is 8.30. The molecule has 0 aliphatic heterocycles. The lowest BCUT2D eigenvalue weighted by atomic mass is 10.1. The number of aryl methyl sites for hydroxylation is 1. The zero-order valence-electron chi connectivity index (χ0n) is 9.55. The Kier molecular flexibility index (Phi) is 3.48. The molecule has 0 saturated heterocycles. The van der Waals surface area contributed by atoms with E-state index in [0.717, 1.165) is 15.6 Å². The van der Waals surface area contributed by atoms with Crippen molar-refractivity contribution >= 4 is 35.7 Å². The first-order valence-electron chi connectivity index (χ1n) is 4.91. The zero-order valence-corrected chi connectivity index (χ0v) is 12.7. The average molecular weight is 351 g/mol. The first-order valence-corrected chi connectivity index (χ1v) is 8.01. The normalized spacial score (nSPS) is 11.8. The van der Waals surface area contributed by atoms with Gasteiger partial charge in [-0.2, -0.15) is 0 Å². The molecule has 0 atom stereocenters. The van der Waals surface area contributed by atoms with Gasteiger partial charge < -0.3 is 0 Å². The minimum Gasteiger partial charge on any atom is -0.300 e. The van der Waals surface area contributed by atoms with Crippen LogP contribution in [0, 0.1) is 6.92 Å². The molecule has 0 N–H and O–H groups in total. The van der Waals surface area contributed by atoms with Crippen molar-refractivity contribution in [2.45, 2.75) is 12.1 Å². The Morgan fingerprint density at radius 3 is 2.50 bits per heavy atom. The van der Waals surface area contributed by atoms with Crippen LogP contribution in [0.1, 0.15) is 5.56 Å². The summed E-state index contributed by atoms with van der Waals surface area (Å²) in [6.07, 6.45) is 0. The Morgan fingerprint density at radius 2 is 2.00 bits per heavy atom. The maximum Gasteiger partial charge on any atom is 0.296 e. The van der Waals surface area contributed by atoms with E-state index in [1.807, 2.05) is 25.1 Å². The molecule has 1 aromatic heterocycles. The van der Waals surface area contributed by atoms with Gasteiger partial charge in [-0.1, -0.05) is 22.0 Å². The Labute approximate surface area is 117 Å². The summed E-state index contributed by atoms with van der Waals surface area (Å²) >= 11 is 3.41. The third-order valence-corrected chi connectivity index (χ3v) is 4.28. The number of benzene rings is 1. The second-order valence-electron chi connectivity index (χ2n) is 3.79. The van der Waals surface area contributed by atoms with E-state index in [2.05, 4.69) is 26.1 Å². The summed E-state index contributed by atoms with van der Waals surface area (Å²) < 4.78 is 24.7. The molecule has 0 aliphatic rings. The molecule has 1 heterocycles. The van der Waals surface area contributed by atoms with Gasteiger partial charge in [-0.25, -0.2) is 8.42 Å². The summed E-state index contributed by atoms with van der Waals surface area (Å²) in [6.45, 7) is 1.96. The molecule has 0 spiro atoms. The van der Waals surface area contributed by atoms with Gasteiger partial charge in [0.05, 0.1) is 0 Å². The fraction of sp³-hybridized carbons (Fsp3) is 0.200. The van der Waals surface area contributed by atoms with Gasteiger partial charge in [-0.15, -0.1) is 10.2 Å². The molecule has 18 heavy (non-hydrogen) atoms. The van der Waals surface area contributed by atoms with Gasteiger partial charge in [-0.3, -0.25) is 4.57 Å². The minimum atomic E-state index is -3.90. The van der Waals surface area contributed by atoms with Gasteiger partial charge in [0.15, 0.2) is 5.82 Å². The molecule has 2 aromatic rings. The Morgan fingerprint density at radius 1 is 1.33 bits per heavy atom. The average Bonchev–Trinajstić information content (AvgIpc) is 2.60. The van der Waals surface area contributed by atoms with Crippen molar-refractivity contribution in [1.82, 2.24) is 14.8 Å². The molecule has 0 saturated carbocycles. The lowest BCUT2D eigenvalue weighted by Gasteiger charge is -2.05. The van der Waals surface area contributed by atoms with Crippen LogP contribution in [0.3, 0.4) is 0 Å². The number of hydrogen-bond donors (Lipinski definition) is 0. The summed E-state index contributed by atoms with van der Waals surface area (Å²) in [5, 5.41) is 7.19. The van der Waals surface area contributed by atoms with Gasteiger partial charge in [0, 0.05) is 27.8 Å². The van der Waals surface area contributed by atoms with E-state index >= 15 is 0 Å². The number of halogens is 2. The molecule has 8 heteroatoms. The van der Waals surface area contributed by atoms with Gasteiger partial charge in [-0.05, 0) is 24.6 Å². The third kappa shape index (κ3) is 2.43. The van der Waals surface area contributed by atoms with E-state index in [1.54, 1.807) is 7.05 Å². The highest BCUT2D eigenvalue weighted by Crippen LogP contribution is 2.28. The smallest absolute Gasteiger partial charge is 0.296 e. The molecule has 0 radical (unpaired) electrons.